The van der Waals surface area contributed by atoms with E-state index in [-0.39, 0.29) is 11.3 Å². The number of phenols is 1. The van der Waals surface area contributed by atoms with Crippen molar-refractivity contribution in [3.05, 3.63) is 36.0 Å². The van der Waals surface area contributed by atoms with E-state index in [2.05, 4.69) is 11.2 Å². The second kappa shape index (κ2) is 2.76. The average molecular weight is 169 g/mol. The number of hydrogen-bond donors (Lipinski definition) is 1. The van der Waals surface area contributed by atoms with Crippen LogP contribution < -0.4 is 0 Å². The molecule has 3 nitrogen and oxygen atoms in total. The molecule has 13 heavy (non-hydrogen) atoms. The van der Waals surface area contributed by atoms with Crippen LogP contribution in [0.4, 0.5) is 0 Å². The molecule has 0 spiro atoms. The van der Waals surface area contributed by atoms with E-state index in [0.29, 0.717) is 5.52 Å². The third kappa shape index (κ3) is 1.09. The number of aromatic hydroxyl groups is 1. The number of benzene rings is 1. The highest BCUT2D eigenvalue weighted by Gasteiger charge is 2.05. The van der Waals surface area contributed by atoms with Crippen molar-refractivity contribution in [3.8, 4) is 11.8 Å². The first-order valence-electron chi connectivity index (χ1n) is 3.72. The molecule has 1 heterocycles. The minimum Gasteiger partial charge on any atom is -0.506 e. The standard InChI is InChI=1S/C10H5N2O/c11-6-8-9(13)4-3-7-2-1-5-12-10(7)8/h1-4,13H. The predicted octanol–water partition coefficient (Wildman–Crippen LogP) is 1.61. The van der Waals surface area contributed by atoms with Crippen molar-refractivity contribution in [1.29, 1.82) is 5.26 Å². The molecular weight excluding hydrogens is 164 g/mol. The fourth-order valence-electron chi connectivity index (χ4n) is 1.19. The first-order valence-corrected chi connectivity index (χ1v) is 3.72. The minimum absolute atomic E-state index is 0.0397. The Kier molecular flexibility index (Phi) is 1.60. The highest BCUT2D eigenvalue weighted by Crippen LogP contribution is 2.23. The van der Waals surface area contributed by atoms with Gasteiger partial charge in [0.2, 0.25) is 0 Å². The Bertz CT molecular complexity index is 500. The second-order valence-electron chi connectivity index (χ2n) is 2.58. The van der Waals surface area contributed by atoms with Gasteiger partial charge in [0.1, 0.15) is 17.4 Å². The number of nitrogens with zero attached hydrogens (tertiary/aromatic N) is 2. The number of nitriles is 1. The molecule has 1 N–H and O–H groups in total. The van der Waals surface area contributed by atoms with E-state index < -0.39 is 0 Å². The van der Waals surface area contributed by atoms with Gasteiger partial charge in [-0.25, -0.2) is 4.98 Å². The molecule has 1 radical (unpaired) electrons. The van der Waals surface area contributed by atoms with Gasteiger partial charge < -0.3 is 5.11 Å². The summed E-state index contributed by atoms with van der Waals surface area (Å²) in [4.78, 5) is 3.91. The molecule has 2 rings (SSSR count). The van der Waals surface area contributed by atoms with Gasteiger partial charge in [-0.05, 0) is 18.2 Å². The van der Waals surface area contributed by atoms with Crippen LogP contribution in [-0.2, 0) is 0 Å². The van der Waals surface area contributed by atoms with Crippen LogP contribution in [0.5, 0.6) is 5.75 Å². The molecule has 61 valence electrons. The Morgan fingerprint density at radius 2 is 2.23 bits per heavy atom. The summed E-state index contributed by atoms with van der Waals surface area (Å²) in [5.41, 5.74) is 0.694. The molecule has 0 aliphatic carbocycles. The highest BCUT2D eigenvalue weighted by atomic mass is 16.3. The van der Waals surface area contributed by atoms with Crippen LogP contribution in [0.3, 0.4) is 0 Å². The number of fused-ring (bicyclic) bond motifs is 1. The Morgan fingerprint density at radius 1 is 1.38 bits per heavy atom. The molecule has 2 aromatic rings. The Hall–Kier alpha value is -2.08. The Morgan fingerprint density at radius 3 is 3.00 bits per heavy atom. The van der Waals surface area contributed by atoms with Crippen molar-refractivity contribution < 1.29 is 5.11 Å². The molecule has 3 heteroatoms. The lowest BCUT2D eigenvalue weighted by Gasteiger charge is -1.99. The molecule has 0 amide bonds. The van der Waals surface area contributed by atoms with Gasteiger partial charge in [0.15, 0.2) is 0 Å². The summed E-state index contributed by atoms with van der Waals surface area (Å²) < 4.78 is 0. The zero-order valence-electron chi connectivity index (χ0n) is 6.65. The number of pyridine rings is 1. The first-order chi connectivity index (χ1) is 6.33. The normalized spacial score (nSPS) is 9.77. The molecule has 1 aromatic carbocycles. The lowest BCUT2D eigenvalue weighted by atomic mass is 10.1. The number of phenolic OH excluding ortho intramolecular Hbond substituents is 1. The molecule has 0 bridgehead atoms. The lowest BCUT2D eigenvalue weighted by molar-refractivity contribution is 0.474. The topological polar surface area (TPSA) is 56.9 Å². The maximum Gasteiger partial charge on any atom is 0.135 e. The molecule has 1 aromatic heterocycles. The molecule has 0 aliphatic rings. The van der Waals surface area contributed by atoms with E-state index in [4.69, 9.17) is 5.26 Å². The van der Waals surface area contributed by atoms with Crippen LogP contribution in [0.2, 0.25) is 0 Å². The van der Waals surface area contributed by atoms with Gasteiger partial charge >= 0.3 is 0 Å². The van der Waals surface area contributed by atoms with E-state index in [9.17, 15) is 5.11 Å². The van der Waals surface area contributed by atoms with Crippen LogP contribution in [-0.4, -0.2) is 10.1 Å². The number of hydrogen-bond acceptors (Lipinski definition) is 3. The van der Waals surface area contributed by atoms with Gasteiger partial charge in [-0.1, -0.05) is 6.07 Å². The third-order valence-corrected chi connectivity index (χ3v) is 1.81. The van der Waals surface area contributed by atoms with Crippen molar-refractivity contribution in [2.45, 2.75) is 0 Å². The molecule has 0 aliphatic heterocycles. The van der Waals surface area contributed by atoms with Gasteiger partial charge in [-0.2, -0.15) is 5.26 Å². The summed E-state index contributed by atoms with van der Waals surface area (Å²) in [6.07, 6.45) is 2.63. The highest BCUT2D eigenvalue weighted by molar-refractivity contribution is 5.86. The molecule has 0 fully saturated rings. The second-order valence-corrected chi connectivity index (χ2v) is 2.58. The fourth-order valence-corrected chi connectivity index (χ4v) is 1.19. The summed E-state index contributed by atoms with van der Waals surface area (Å²) in [7, 11) is 0. The van der Waals surface area contributed by atoms with Gasteiger partial charge in [0.25, 0.3) is 0 Å². The van der Waals surface area contributed by atoms with Gasteiger partial charge in [0, 0.05) is 5.39 Å². The maximum absolute atomic E-state index is 9.33. The monoisotopic (exact) mass is 169 g/mol. The van der Waals surface area contributed by atoms with Crippen LogP contribution in [0, 0.1) is 17.5 Å². The summed E-state index contributed by atoms with van der Waals surface area (Å²) in [5.74, 6) is -0.0397. The van der Waals surface area contributed by atoms with Crippen LogP contribution in [0.25, 0.3) is 10.9 Å². The summed E-state index contributed by atoms with van der Waals surface area (Å²) >= 11 is 0. The van der Waals surface area contributed by atoms with E-state index in [0.717, 1.165) is 5.39 Å². The Balaban J connectivity index is 2.94. The smallest absolute Gasteiger partial charge is 0.135 e. The van der Waals surface area contributed by atoms with E-state index in [1.807, 2.05) is 6.07 Å². The summed E-state index contributed by atoms with van der Waals surface area (Å²) in [6, 6.07) is 8.57. The van der Waals surface area contributed by atoms with Crippen molar-refractivity contribution >= 4 is 10.9 Å². The van der Waals surface area contributed by atoms with Gasteiger partial charge in [0.05, 0.1) is 11.7 Å². The van der Waals surface area contributed by atoms with Crippen LogP contribution >= 0.6 is 0 Å². The molecular formula is C10H5N2O. The zero-order valence-corrected chi connectivity index (χ0v) is 6.65. The summed E-state index contributed by atoms with van der Waals surface area (Å²) in [5, 5.41) is 18.9. The zero-order chi connectivity index (χ0) is 9.26. The van der Waals surface area contributed by atoms with Crippen molar-refractivity contribution in [1.82, 2.24) is 4.98 Å². The fraction of sp³-hybridized carbons (Fsp3) is 0. The van der Waals surface area contributed by atoms with Gasteiger partial charge in [-0.15, -0.1) is 0 Å². The minimum atomic E-state index is -0.0397. The van der Waals surface area contributed by atoms with E-state index in [1.165, 1.54) is 6.07 Å². The quantitative estimate of drug-likeness (QED) is 0.651. The first kappa shape index (κ1) is 7.56. The molecule has 0 unspecified atom stereocenters. The average Bonchev–Trinajstić information content (AvgIpc) is 2.18. The molecule has 0 saturated heterocycles. The SMILES string of the molecule is N#Cc1c(O)ccc2cc[c]nc12. The maximum atomic E-state index is 9.33. The van der Waals surface area contributed by atoms with Crippen molar-refractivity contribution in [2.75, 3.05) is 0 Å². The molecule has 0 saturated carbocycles. The predicted molar refractivity (Wildman–Crippen MR) is 47.0 cm³/mol. The van der Waals surface area contributed by atoms with E-state index >= 15 is 0 Å². The number of aromatic nitrogens is 1. The van der Waals surface area contributed by atoms with Crippen LogP contribution in [0.15, 0.2) is 24.3 Å². The van der Waals surface area contributed by atoms with Gasteiger partial charge in [-0.3, -0.25) is 0 Å². The Labute approximate surface area is 74.9 Å². The van der Waals surface area contributed by atoms with Crippen molar-refractivity contribution in [3.63, 3.8) is 0 Å². The van der Waals surface area contributed by atoms with E-state index in [1.54, 1.807) is 18.2 Å². The largest absolute Gasteiger partial charge is 0.506 e. The van der Waals surface area contributed by atoms with Crippen molar-refractivity contribution in [2.24, 2.45) is 0 Å². The third-order valence-electron chi connectivity index (χ3n) is 1.81. The number of rotatable bonds is 0. The molecule has 0 atom stereocenters. The lowest BCUT2D eigenvalue weighted by Crippen LogP contribution is -1.84. The summed E-state index contributed by atoms with van der Waals surface area (Å²) in [6.45, 7) is 0. The van der Waals surface area contributed by atoms with Crippen LogP contribution in [0.1, 0.15) is 5.56 Å².